The van der Waals surface area contributed by atoms with E-state index in [4.69, 9.17) is 14.2 Å². The molecule has 1 atom stereocenters. The molecule has 0 saturated heterocycles. The number of Topliss-reactive ketones (excluding diaryl/α,β-unsaturated/α-hetero) is 1. The van der Waals surface area contributed by atoms with Gasteiger partial charge < -0.3 is 14.2 Å². The Morgan fingerprint density at radius 2 is 1.43 bits per heavy atom. The van der Waals surface area contributed by atoms with E-state index in [1.54, 1.807) is 69.3 Å². The molecular weight excluding hydrogens is 376 g/mol. The minimum absolute atomic E-state index is 0.00254. The Hall–Kier alpha value is -2.47. The van der Waals surface area contributed by atoms with E-state index in [0.29, 0.717) is 22.6 Å². The van der Waals surface area contributed by atoms with Crippen molar-refractivity contribution >= 4 is 23.5 Å². The number of thioether (sulfide) groups is 1. The van der Waals surface area contributed by atoms with Gasteiger partial charge in [0.15, 0.2) is 5.78 Å². The van der Waals surface area contributed by atoms with Crippen LogP contribution in [0.1, 0.15) is 48.4 Å². The maximum Gasteiger partial charge on any atom is 0.342 e. The topological polar surface area (TPSA) is 61.8 Å². The average molecular weight is 403 g/mol. The van der Waals surface area contributed by atoms with Gasteiger partial charge in [-0.15, -0.1) is 0 Å². The Labute approximate surface area is 170 Å². The van der Waals surface area contributed by atoms with Crippen LogP contribution in [0, 0.1) is 0 Å². The van der Waals surface area contributed by atoms with Crippen LogP contribution in [0.4, 0.5) is 0 Å². The van der Waals surface area contributed by atoms with E-state index in [0.717, 1.165) is 0 Å². The second kappa shape index (κ2) is 9.64. The van der Waals surface area contributed by atoms with Crippen molar-refractivity contribution < 1.29 is 23.8 Å². The molecule has 0 spiro atoms. The van der Waals surface area contributed by atoms with Crippen molar-refractivity contribution in [3.05, 3.63) is 59.7 Å². The highest BCUT2D eigenvalue weighted by atomic mass is 32.2. The van der Waals surface area contributed by atoms with Crippen LogP contribution in [0.3, 0.4) is 0 Å². The third-order valence-electron chi connectivity index (χ3n) is 3.81. The summed E-state index contributed by atoms with van der Waals surface area (Å²) in [7, 11) is 0. The molecule has 150 valence electrons. The molecule has 0 radical (unpaired) electrons. The third kappa shape index (κ3) is 6.02. The zero-order chi connectivity index (χ0) is 20.7. The molecule has 1 unspecified atom stereocenters. The molecule has 0 aliphatic carbocycles. The average Bonchev–Trinajstić information content (AvgIpc) is 2.66. The van der Waals surface area contributed by atoms with Gasteiger partial charge in [-0.1, -0.05) is 24.3 Å². The molecule has 2 rings (SSSR count). The van der Waals surface area contributed by atoms with Crippen molar-refractivity contribution in [3.63, 3.8) is 0 Å². The van der Waals surface area contributed by atoms with Crippen molar-refractivity contribution in [2.45, 2.75) is 38.5 Å². The van der Waals surface area contributed by atoms with Gasteiger partial charge in [-0.2, -0.15) is 11.8 Å². The highest BCUT2D eigenvalue weighted by Gasteiger charge is 2.21. The minimum atomic E-state index is -0.603. The molecule has 6 heteroatoms. The van der Waals surface area contributed by atoms with Crippen LogP contribution in [-0.4, -0.2) is 35.7 Å². The Kier molecular flexibility index (Phi) is 7.52. The molecule has 0 aliphatic heterocycles. The van der Waals surface area contributed by atoms with Gasteiger partial charge in [-0.3, -0.25) is 4.79 Å². The van der Waals surface area contributed by atoms with Gasteiger partial charge in [-0.05, 0) is 58.2 Å². The van der Waals surface area contributed by atoms with Crippen LogP contribution in [0.15, 0.2) is 48.5 Å². The second-order valence-corrected chi connectivity index (χ2v) is 8.32. The molecular formula is C22H26O5S. The predicted molar refractivity (Wildman–Crippen MR) is 111 cm³/mol. The molecule has 0 saturated carbocycles. The first-order valence-corrected chi connectivity index (χ1v) is 10.3. The molecule has 28 heavy (non-hydrogen) atoms. The van der Waals surface area contributed by atoms with E-state index in [9.17, 15) is 9.59 Å². The Morgan fingerprint density at radius 1 is 0.929 bits per heavy atom. The summed E-state index contributed by atoms with van der Waals surface area (Å²) < 4.78 is 16.8. The first-order valence-electron chi connectivity index (χ1n) is 8.97. The summed E-state index contributed by atoms with van der Waals surface area (Å²) >= 11 is 1.48. The van der Waals surface area contributed by atoms with E-state index in [1.807, 2.05) is 13.2 Å². The highest BCUT2D eigenvalue weighted by Crippen LogP contribution is 2.25. The lowest BCUT2D eigenvalue weighted by Gasteiger charge is -2.20. The monoisotopic (exact) mass is 402 g/mol. The summed E-state index contributed by atoms with van der Waals surface area (Å²) in [6.45, 7) is 7.14. The number of rotatable bonds is 8. The summed E-state index contributed by atoms with van der Waals surface area (Å²) in [6, 6.07) is 13.9. The Balaban J connectivity index is 2.09. The van der Waals surface area contributed by atoms with Crippen molar-refractivity contribution in [1.29, 1.82) is 0 Å². The number of carbonyl (C=O) groups excluding carboxylic acids is 2. The summed E-state index contributed by atoms with van der Waals surface area (Å²) in [6.07, 6.45) is 1.89. The SMILES string of the molecule is CSC(C)C(=O)c1ccccc1OCOc1ccccc1C(=O)OC(C)(C)C. The lowest BCUT2D eigenvalue weighted by molar-refractivity contribution is 0.00626. The van der Waals surface area contributed by atoms with E-state index >= 15 is 0 Å². The summed E-state index contributed by atoms with van der Waals surface area (Å²) in [4.78, 5) is 24.9. The van der Waals surface area contributed by atoms with Crippen LogP contribution >= 0.6 is 11.8 Å². The van der Waals surface area contributed by atoms with Crippen LogP contribution in [0.2, 0.25) is 0 Å². The molecule has 0 amide bonds. The number of ether oxygens (including phenoxy) is 3. The fourth-order valence-corrected chi connectivity index (χ4v) is 2.71. The van der Waals surface area contributed by atoms with E-state index in [-0.39, 0.29) is 17.8 Å². The molecule has 5 nitrogen and oxygen atoms in total. The van der Waals surface area contributed by atoms with Crippen LogP contribution in [-0.2, 0) is 4.74 Å². The molecule has 0 aromatic heterocycles. The minimum Gasteiger partial charge on any atom is -0.457 e. The molecule has 0 N–H and O–H groups in total. The van der Waals surface area contributed by atoms with E-state index < -0.39 is 11.6 Å². The van der Waals surface area contributed by atoms with Crippen molar-refractivity contribution in [2.24, 2.45) is 0 Å². The zero-order valence-electron chi connectivity index (χ0n) is 16.9. The van der Waals surface area contributed by atoms with Crippen LogP contribution in [0.25, 0.3) is 0 Å². The van der Waals surface area contributed by atoms with Crippen LogP contribution < -0.4 is 9.47 Å². The zero-order valence-corrected chi connectivity index (χ0v) is 17.7. The standard InChI is InChI=1S/C22H26O5S/c1-15(28-5)20(23)16-10-6-8-12-18(16)25-14-26-19-13-9-7-11-17(19)21(24)27-22(2,3)4/h6-13,15H,14H2,1-5H3. The first-order chi connectivity index (χ1) is 13.2. The normalized spacial score (nSPS) is 12.2. The third-order valence-corrected chi connectivity index (χ3v) is 4.73. The smallest absolute Gasteiger partial charge is 0.342 e. The van der Waals surface area contributed by atoms with Gasteiger partial charge in [0.05, 0.1) is 10.8 Å². The van der Waals surface area contributed by atoms with Crippen molar-refractivity contribution in [3.8, 4) is 11.5 Å². The highest BCUT2D eigenvalue weighted by molar-refractivity contribution is 7.99. The number of esters is 1. The van der Waals surface area contributed by atoms with E-state index in [1.165, 1.54) is 11.8 Å². The molecule has 0 heterocycles. The molecule has 2 aromatic rings. The molecule has 0 fully saturated rings. The van der Waals surface area contributed by atoms with Crippen LogP contribution in [0.5, 0.6) is 11.5 Å². The number of hydrogen-bond donors (Lipinski definition) is 0. The number of carbonyl (C=O) groups is 2. The quantitative estimate of drug-likeness (QED) is 0.352. The fraction of sp³-hybridized carbons (Fsp3) is 0.364. The molecule has 0 aliphatic rings. The Bertz CT molecular complexity index is 826. The van der Waals surface area contributed by atoms with Gasteiger partial charge in [-0.25, -0.2) is 4.79 Å². The van der Waals surface area contributed by atoms with Gasteiger partial charge in [0.1, 0.15) is 22.7 Å². The summed E-state index contributed by atoms with van der Waals surface area (Å²) in [5, 5.41) is -0.168. The maximum absolute atomic E-state index is 12.5. The van der Waals surface area contributed by atoms with Gasteiger partial charge in [0.2, 0.25) is 6.79 Å². The summed E-state index contributed by atoms with van der Waals surface area (Å²) in [5.41, 5.74) is 0.225. The molecule has 2 aromatic carbocycles. The first kappa shape index (κ1) is 21.8. The predicted octanol–water partition coefficient (Wildman–Crippen LogP) is 4.99. The molecule has 0 bridgehead atoms. The number of ketones is 1. The van der Waals surface area contributed by atoms with Crippen molar-refractivity contribution in [1.82, 2.24) is 0 Å². The van der Waals surface area contributed by atoms with Crippen molar-refractivity contribution in [2.75, 3.05) is 13.0 Å². The number of para-hydroxylation sites is 2. The number of hydrogen-bond acceptors (Lipinski definition) is 6. The maximum atomic E-state index is 12.5. The lowest BCUT2D eigenvalue weighted by atomic mass is 10.1. The van der Waals surface area contributed by atoms with Gasteiger partial charge in [0.25, 0.3) is 0 Å². The van der Waals surface area contributed by atoms with E-state index in [2.05, 4.69) is 0 Å². The van der Waals surface area contributed by atoms with Gasteiger partial charge in [0, 0.05) is 0 Å². The second-order valence-electron chi connectivity index (χ2n) is 7.14. The summed E-state index contributed by atoms with van der Waals surface area (Å²) in [5.74, 6) is 0.339. The lowest BCUT2D eigenvalue weighted by Crippen LogP contribution is -2.24. The number of benzene rings is 2. The largest absolute Gasteiger partial charge is 0.457 e. The Morgan fingerprint density at radius 3 is 1.96 bits per heavy atom. The van der Waals surface area contributed by atoms with Gasteiger partial charge >= 0.3 is 5.97 Å². The fourth-order valence-electron chi connectivity index (χ4n) is 2.37.